The Morgan fingerprint density at radius 3 is 2.72 bits per heavy atom. The maximum absolute atomic E-state index is 12.7. The van der Waals surface area contributed by atoms with E-state index in [0.717, 1.165) is 51.5 Å². The molecule has 6 nitrogen and oxygen atoms in total. The summed E-state index contributed by atoms with van der Waals surface area (Å²) in [6, 6.07) is 10.0. The molecule has 1 N–H and O–H groups in total. The zero-order chi connectivity index (χ0) is 22.7. The van der Waals surface area contributed by atoms with Crippen LogP contribution in [0, 0.1) is 0 Å². The van der Waals surface area contributed by atoms with E-state index in [2.05, 4.69) is 18.3 Å². The van der Waals surface area contributed by atoms with Gasteiger partial charge in [-0.1, -0.05) is 38.1 Å². The number of aryl methyl sites for hydroxylation is 1. The van der Waals surface area contributed by atoms with Crippen LogP contribution in [-0.2, 0) is 29.1 Å². The molecule has 0 bridgehead atoms. The fourth-order valence-electron chi connectivity index (χ4n) is 3.86. The largest absolute Gasteiger partial charge is 0.350 e. The quantitative estimate of drug-likeness (QED) is 0.472. The molecule has 0 saturated carbocycles. The number of thioether (sulfide) groups is 1. The van der Waals surface area contributed by atoms with E-state index < -0.39 is 0 Å². The van der Waals surface area contributed by atoms with Crippen LogP contribution in [0.1, 0.15) is 36.3 Å². The number of nitrogens with zero attached hydrogens (tertiary/aromatic N) is 2. The number of carbonyl (C=O) groups excluding carboxylic acids is 3. The van der Waals surface area contributed by atoms with Gasteiger partial charge in [0.2, 0.25) is 5.91 Å². The van der Waals surface area contributed by atoms with E-state index in [-0.39, 0.29) is 23.6 Å². The molecule has 3 heterocycles. The van der Waals surface area contributed by atoms with E-state index in [1.54, 1.807) is 17.4 Å². The van der Waals surface area contributed by atoms with Crippen LogP contribution in [0.2, 0.25) is 0 Å². The van der Waals surface area contributed by atoms with Crippen molar-refractivity contribution in [3.63, 3.8) is 0 Å². The summed E-state index contributed by atoms with van der Waals surface area (Å²) < 4.78 is 1.94. The SMILES string of the molecule is CCCN1C(=O)S/C(=C\c2cn(CC(=O)NCc3cccs3)c3c(CC)cccc23)C1=O. The molecule has 8 heteroatoms. The van der Waals surface area contributed by atoms with Crippen LogP contribution in [0.3, 0.4) is 0 Å². The number of thiophene rings is 1. The predicted molar refractivity (Wildman–Crippen MR) is 130 cm³/mol. The highest BCUT2D eigenvalue weighted by Crippen LogP contribution is 2.35. The number of carbonyl (C=O) groups is 3. The number of hydrogen-bond donors (Lipinski definition) is 1. The number of amides is 3. The van der Waals surface area contributed by atoms with Crippen LogP contribution < -0.4 is 5.32 Å². The maximum atomic E-state index is 12.7. The van der Waals surface area contributed by atoms with Gasteiger partial charge in [0.25, 0.3) is 11.1 Å². The molecule has 0 atom stereocenters. The van der Waals surface area contributed by atoms with Crippen molar-refractivity contribution in [2.45, 2.75) is 39.8 Å². The topological polar surface area (TPSA) is 71.4 Å². The number of para-hydroxylation sites is 1. The molecule has 3 amide bonds. The summed E-state index contributed by atoms with van der Waals surface area (Å²) in [7, 11) is 0. The molecule has 2 aromatic heterocycles. The molecule has 1 aliphatic rings. The molecule has 0 aliphatic carbocycles. The first kappa shape index (κ1) is 22.4. The lowest BCUT2D eigenvalue weighted by molar-refractivity contribution is -0.123. The number of nitrogens with one attached hydrogen (secondary N) is 1. The molecule has 4 rings (SSSR count). The predicted octanol–water partition coefficient (Wildman–Crippen LogP) is 5.03. The zero-order valence-electron chi connectivity index (χ0n) is 18.1. The molecule has 0 spiro atoms. The van der Waals surface area contributed by atoms with E-state index in [0.29, 0.717) is 18.0 Å². The van der Waals surface area contributed by atoms with Gasteiger partial charge in [0.1, 0.15) is 6.54 Å². The maximum Gasteiger partial charge on any atom is 0.293 e. The summed E-state index contributed by atoms with van der Waals surface area (Å²) in [6.07, 6.45) is 5.24. The lowest BCUT2D eigenvalue weighted by Crippen LogP contribution is -2.28. The van der Waals surface area contributed by atoms with Gasteiger partial charge in [0, 0.05) is 28.6 Å². The van der Waals surface area contributed by atoms with Gasteiger partial charge in [-0.05, 0) is 47.7 Å². The number of aromatic nitrogens is 1. The summed E-state index contributed by atoms with van der Waals surface area (Å²) in [5.74, 6) is -0.320. The van der Waals surface area contributed by atoms with Crippen molar-refractivity contribution in [2.24, 2.45) is 0 Å². The Balaban J connectivity index is 1.65. The van der Waals surface area contributed by atoms with Crippen LogP contribution in [0.25, 0.3) is 17.0 Å². The standard InChI is InChI=1S/C24H25N3O3S2/c1-3-10-27-23(29)20(32-24(27)30)12-17-14-26(22-16(4-2)7-5-9-19(17)22)15-21(28)25-13-18-8-6-11-31-18/h5-9,11-12,14H,3-4,10,13,15H2,1-2H3,(H,25,28)/b20-12-. The highest BCUT2D eigenvalue weighted by atomic mass is 32.2. The molecular formula is C24H25N3O3S2. The second-order valence-electron chi connectivity index (χ2n) is 7.57. The third-order valence-electron chi connectivity index (χ3n) is 5.35. The van der Waals surface area contributed by atoms with Crippen molar-refractivity contribution in [1.29, 1.82) is 0 Å². The Labute approximate surface area is 195 Å². The smallest absolute Gasteiger partial charge is 0.293 e. The first-order chi connectivity index (χ1) is 15.5. The van der Waals surface area contributed by atoms with Gasteiger partial charge in [-0.15, -0.1) is 11.3 Å². The van der Waals surface area contributed by atoms with E-state index in [1.165, 1.54) is 4.90 Å². The molecule has 3 aromatic rings. The normalized spacial score (nSPS) is 15.3. The van der Waals surface area contributed by atoms with Crippen LogP contribution >= 0.6 is 23.1 Å². The lowest BCUT2D eigenvalue weighted by Gasteiger charge is -2.09. The minimum absolute atomic E-state index is 0.0731. The van der Waals surface area contributed by atoms with E-state index in [1.807, 2.05) is 47.3 Å². The van der Waals surface area contributed by atoms with Crippen molar-refractivity contribution >= 4 is 57.1 Å². The van der Waals surface area contributed by atoms with E-state index in [9.17, 15) is 14.4 Å². The molecule has 1 aromatic carbocycles. The molecule has 166 valence electrons. The van der Waals surface area contributed by atoms with Crippen LogP contribution in [0.4, 0.5) is 4.79 Å². The molecule has 0 unspecified atom stereocenters. The van der Waals surface area contributed by atoms with Crippen molar-refractivity contribution < 1.29 is 14.4 Å². The first-order valence-electron chi connectivity index (χ1n) is 10.7. The van der Waals surface area contributed by atoms with Gasteiger partial charge in [0.05, 0.1) is 17.0 Å². The Morgan fingerprint density at radius 1 is 1.16 bits per heavy atom. The lowest BCUT2D eigenvalue weighted by atomic mass is 10.1. The van der Waals surface area contributed by atoms with Crippen molar-refractivity contribution in [2.75, 3.05) is 6.54 Å². The van der Waals surface area contributed by atoms with Crippen molar-refractivity contribution in [3.05, 3.63) is 62.8 Å². The zero-order valence-corrected chi connectivity index (χ0v) is 19.7. The fraction of sp³-hybridized carbons (Fsp3) is 0.292. The number of hydrogen-bond acceptors (Lipinski definition) is 5. The summed E-state index contributed by atoms with van der Waals surface area (Å²) in [6.45, 7) is 5.14. The average molecular weight is 468 g/mol. The number of fused-ring (bicyclic) bond motifs is 1. The molecular weight excluding hydrogens is 442 g/mol. The van der Waals surface area contributed by atoms with Gasteiger partial charge in [-0.3, -0.25) is 19.3 Å². The van der Waals surface area contributed by atoms with Crippen molar-refractivity contribution in [1.82, 2.24) is 14.8 Å². The molecule has 1 aliphatic heterocycles. The highest BCUT2D eigenvalue weighted by Gasteiger charge is 2.34. The van der Waals surface area contributed by atoms with Gasteiger partial charge in [-0.25, -0.2) is 0 Å². The minimum Gasteiger partial charge on any atom is -0.350 e. The van der Waals surface area contributed by atoms with Gasteiger partial charge in [0.15, 0.2) is 0 Å². The second kappa shape index (κ2) is 9.75. The monoisotopic (exact) mass is 467 g/mol. The first-order valence-corrected chi connectivity index (χ1v) is 12.4. The van der Waals surface area contributed by atoms with Crippen LogP contribution in [-0.4, -0.2) is 33.1 Å². The Morgan fingerprint density at radius 2 is 2.00 bits per heavy atom. The van der Waals surface area contributed by atoms with Crippen LogP contribution in [0.15, 0.2) is 46.8 Å². The third-order valence-corrected chi connectivity index (χ3v) is 7.14. The third kappa shape index (κ3) is 4.52. The molecule has 1 saturated heterocycles. The van der Waals surface area contributed by atoms with Gasteiger partial charge >= 0.3 is 0 Å². The molecule has 1 fully saturated rings. The Bertz CT molecular complexity index is 1190. The van der Waals surface area contributed by atoms with Crippen molar-refractivity contribution in [3.8, 4) is 0 Å². The van der Waals surface area contributed by atoms with Gasteiger partial charge in [-0.2, -0.15) is 0 Å². The molecule has 32 heavy (non-hydrogen) atoms. The Hall–Kier alpha value is -2.84. The summed E-state index contributed by atoms with van der Waals surface area (Å²) in [5, 5.41) is 5.71. The number of benzene rings is 1. The van der Waals surface area contributed by atoms with Gasteiger partial charge < -0.3 is 9.88 Å². The average Bonchev–Trinajstić information content (AvgIpc) is 3.49. The summed E-state index contributed by atoms with van der Waals surface area (Å²) >= 11 is 2.59. The van der Waals surface area contributed by atoms with E-state index in [4.69, 9.17) is 0 Å². The fourth-order valence-corrected chi connectivity index (χ4v) is 5.36. The second-order valence-corrected chi connectivity index (χ2v) is 9.59. The van der Waals surface area contributed by atoms with Crippen LogP contribution in [0.5, 0.6) is 0 Å². The number of rotatable bonds is 8. The Kier molecular flexibility index (Phi) is 6.81. The summed E-state index contributed by atoms with van der Waals surface area (Å²) in [5.41, 5.74) is 2.95. The number of imide groups is 1. The summed E-state index contributed by atoms with van der Waals surface area (Å²) in [4.78, 5) is 40.4. The minimum atomic E-state index is -0.247. The highest BCUT2D eigenvalue weighted by molar-refractivity contribution is 8.18. The van der Waals surface area contributed by atoms with E-state index >= 15 is 0 Å². The molecule has 0 radical (unpaired) electrons.